The first-order valence-electron chi connectivity index (χ1n) is 8.22. The van der Waals surface area contributed by atoms with E-state index >= 15 is 0 Å². The van der Waals surface area contributed by atoms with Crippen molar-refractivity contribution in [2.24, 2.45) is 0 Å². The van der Waals surface area contributed by atoms with Gasteiger partial charge in [-0.15, -0.1) is 0 Å². The molecule has 0 aliphatic heterocycles. The summed E-state index contributed by atoms with van der Waals surface area (Å²) in [6, 6.07) is 0. The summed E-state index contributed by atoms with van der Waals surface area (Å²) < 4.78 is 0. The molecule has 0 saturated carbocycles. The zero-order chi connectivity index (χ0) is 14.4. The zero-order valence-corrected chi connectivity index (χ0v) is 17.1. The van der Waals surface area contributed by atoms with Gasteiger partial charge in [0, 0.05) is 26.2 Å². The fraction of sp³-hybridized carbons (Fsp3) is 0.579. The first-order chi connectivity index (χ1) is 9.77. The molecular weight excluding hydrogens is 371 g/mol. The van der Waals surface area contributed by atoms with E-state index in [1.807, 2.05) is 0 Å². The number of hydrogen-bond acceptors (Lipinski definition) is 1. The van der Waals surface area contributed by atoms with Gasteiger partial charge in [0.2, 0.25) is 0 Å². The molecule has 0 aromatic heterocycles. The van der Waals surface area contributed by atoms with Crippen molar-refractivity contribution in [3.8, 4) is 0 Å². The molecule has 1 nitrogen and oxygen atoms in total. The maximum atomic E-state index is 10.8. The number of aliphatic hydroxyl groups is 1. The van der Waals surface area contributed by atoms with Crippen molar-refractivity contribution in [2.75, 3.05) is 0 Å². The van der Waals surface area contributed by atoms with Gasteiger partial charge in [-0.25, -0.2) is 0 Å². The van der Waals surface area contributed by atoms with Gasteiger partial charge in [0.25, 0.3) is 0 Å². The summed E-state index contributed by atoms with van der Waals surface area (Å²) in [5, 5.41) is 10.8. The van der Waals surface area contributed by atoms with Crippen LogP contribution in [0.5, 0.6) is 0 Å². The van der Waals surface area contributed by atoms with E-state index in [2.05, 4.69) is 38.2 Å². The van der Waals surface area contributed by atoms with E-state index in [4.69, 9.17) is 0 Å². The van der Waals surface area contributed by atoms with Crippen LogP contribution >= 0.6 is 0 Å². The molecule has 0 heterocycles. The molecular formula is C19H28ClOZr-. The Balaban J connectivity index is 0.00000220. The fourth-order valence-electron chi connectivity index (χ4n) is 3.14. The number of halogens is 1. The monoisotopic (exact) mass is 397 g/mol. The molecule has 0 unspecified atom stereocenters. The van der Waals surface area contributed by atoms with Gasteiger partial charge in [0.15, 0.2) is 0 Å². The number of unbranched alkanes of at least 4 members (excludes halogenated alkanes) is 2. The summed E-state index contributed by atoms with van der Waals surface area (Å²) in [7, 11) is 0. The molecule has 1 N–H and O–H groups in total. The molecule has 0 saturated heterocycles. The quantitative estimate of drug-likeness (QED) is 0.664. The Morgan fingerprint density at radius 2 is 1.32 bits per heavy atom. The van der Waals surface area contributed by atoms with Crippen molar-refractivity contribution in [2.45, 2.75) is 71.3 Å². The topological polar surface area (TPSA) is 20.2 Å². The molecule has 2 rings (SSSR count). The maximum absolute atomic E-state index is 10.8. The minimum absolute atomic E-state index is 0. The maximum Gasteiger partial charge on any atom is 0.0978 e. The van der Waals surface area contributed by atoms with Crippen molar-refractivity contribution in [3.63, 3.8) is 0 Å². The Kier molecular flexibility index (Phi) is 11.7. The summed E-state index contributed by atoms with van der Waals surface area (Å²) in [5.41, 5.74) is 5.28. The standard InChI is InChI=1S/C19H28O.ClH.Zr/c1-3-5-9-15-11-7-13-17(15)19(20)18-14-8-12-16(18)10-6-4-2;;/h7-8,11-12,19-20H,3-6,9-10,13-14H2,1-2H3;1H;/p-1. The number of hydrogen-bond donors (Lipinski definition) is 1. The second kappa shape index (κ2) is 11.6. The van der Waals surface area contributed by atoms with Gasteiger partial charge < -0.3 is 17.5 Å². The minimum atomic E-state index is -0.348. The van der Waals surface area contributed by atoms with Crippen molar-refractivity contribution in [3.05, 3.63) is 46.6 Å². The van der Waals surface area contributed by atoms with Gasteiger partial charge in [-0.2, -0.15) is 0 Å². The third-order valence-corrected chi connectivity index (χ3v) is 4.40. The smallest absolute Gasteiger partial charge is 0.0978 e. The Hall–Kier alpha value is 0.0931. The molecule has 3 heteroatoms. The average molecular weight is 399 g/mol. The van der Waals surface area contributed by atoms with Gasteiger partial charge in [-0.3, -0.25) is 0 Å². The third kappa shape index (κ3) is 5.62. The SMILES string of the molecule is CCCCC1=C(C(O)C2=C(CCCC)C=CC2)CC=C1.[Cl-].[Zr]. The molecule has 0 amide bonds. The van der Waals surface area contributed by atoms with Crippen LogP contribution in [0.2, 0.25) is 0 Å². The number of allylic oxidation sites excluding steroid dienone is 6. The van der Waals surface area contributed by atoms with Gasteiger partial charge in [0.05, 0.1) is 6.10 Å². The minimum Gasteiger partial charge on any atom is -1.00 e. The van der Waals surface area contributed by atoms with Crippen LogP contribution in [0.3, 0.4) is 0 Å². The Morgan fingerprint density at radius 1 is 0.909 bits per heavy atom. The van der Waals surface area contributed by atoms with Crippen molar-refractivity contribution in [1.82, 2.24) is 0 Å². The zero-order valence-electron chi connectivity index (χ0n) is 13.9. The van der Waals surface area contributed by atoms with E-state index < -0.39 is 0 Å². The summed E-state index contributed by atoms with van der Waals surface area (Å²) in [6.07, 6.45) is 17.5. The van der Waals surface area contributed by atoms with Gasteiger partial charge >= 0.3 is 0 Å². The van der Waals surface area contributed by atoms with Crippen LogP contribution in [0.1, 0.15) is 65.2 Å². The van der Waals surface area contributed by atoms with E-state index in [9.17, 15) is 5.11 Å². The van der Waals surface area contributed by atoms with Crippen LogP contribution < -0.4 is 12.4 Å². The molecule has 2 aliphatic rings. The summed E-state index contributed by atoms with van der Waals surface area (Å²) >= 11 is 0. The molecule has 0 fully saturated rings. The van der Waals surface area contributed by atoms with Gasteiger partial charge in [-0.1, -0.05) is 51.0 Å². The largest absolute Gasteiger partial charge is 1.00 e. The molecule has 0 spiro atoms. The Morgan fingerprint density at radius 3 is 1.68 bits per heavy atom. The normalized spacial score (nSPS) is 16.5. The van der Waals surface area contributed by atoms with Crippen LogP contribution in [0.15, 0.2) is 46.6 Å². The summed E-state index contributed by atoms with van der Waals surface area (Å²) in [6.45, 7) is 4.45. The molecule has 2 aliphatic carbocycles. The molecule has 0 bridgehead atoms. The first-order valence-corrected chi connectivity index (χ1v) is 8.22. The summed E-state index contributed by atoms with van der Waals surface area (Å²) in [4.78, 5) is 0. The molecule has 0 radical (unpaired) electrons. The molecule has 0 aromatic rings. The van der Waals surface area contributed by atoms with Crippen LogP contribution in [0.4, 0.5) is 0 Å². The first kappa shape index (κ1) is 22.1. The average Bonchev–Trinajstić information content (AvgIpc) is 3.10. The van der Waals surface area contributed by atoms with Crippen molar-refractivity contribution >= 4 is 0 Å². The molecule has 22 heavy (non-hydrogen) atoms. The molecule has 122 valence electrons. The van der Waals surface area contributed by atoms with Crippen LogP contribution in [0.25, 0.3) is 0 Å². The van der Waals surface area contributed by atoms with E-state index in [0.29, 0.717) is 0 Å². The van der Waals surface area contributed by atoms with E-state index in [0.717, 1.165) is 25.7 Å². The number of rotatable bonds is 8. The third-order valence-electron chi connectivity index (χ3n) is 4.40. The Labute approximate surface area is 161 Å². The van der Waals surface area contributed by atoms with E-state index in [-0.39, 0.29) is 44.7 Å². The van der Waals surface area contributed by atoms with Gasteiger partial charge in [0.1, 0.15) is 0 Å². The summed E-state index contributed by atoms with van der Waals surface area (Å²) in [5.74, 6) is 0. The predicted molar refractivity (Wildman–Crippen MR) is 86.6 cm³/mol. The van der Waals surface area contributed by atoms with Crippen LogP contribution in [0, 0.1) is 0 Å². The van der Waals surface area contributed by atoms with Crippen molar-refractivity contribution in [1.29, 1.82) is 0 Å². The number of aliphatic hydroxyl groups excluding tert-OH is 1. The van der Waals surface area contributed by atoms with Crippen LogP contribution in [-0.4, -0.2) is 11.2 Å². The molecule has 0 aromatic carbocycles. The second-order valence-corrected chi connectivity index (χ2v) is 5.92. The fourth-order valence-corrected chi connectivity index (χ4v) is 3.14. The van der Waals surface area contributed by atoms with Crippen LogP contribution in [-0.2, 0) is 26.2 Å². The van der Waals surface area contributed by atoms with E-state index in [1.54, 1.807) is 0 Å². The van der Waals surface area contributed by atoms with E-state index in [1.165, 1.54) is 48.0 Å². The second-order valence-electron chi connectivity index (χ2n) is 5.92. The molecule has 0 atom stereocenters. The predicted octanol–water partition coefficient (Wildman–Crippen LogP) is 2.24. The Bertz CT molecular complexity index is 418. The van der Waals surface area contributed by atoms with Gasteiger partial charge in [-0.05, 0) is 60.8 Å². The van der Waals surface area contributed by atoms with Crippen molar-refractivity contribution < 1.29 is 43.7 Å².